The van der Waals surface area contributed by atoms with Crippen molar-refractivity contribution < 1.29 is 18.5 Å². The Kier molecular flexibility index (Phi) is 4.35. The maximum absolute atomic E-state index is 13.8. The van der Waals surface area contributed by atoms with E-state index < -0.39 is 28.2 Å². The minimum atomic E-state index is -0.891. The second-order valence-electron chi connectivity index (χ2n) is 5.84. The van der Waals surface area contributed by atoms with Crippen molar-refractivity contribution in [2.75, 3.05) is 17.3 Å². The first-order valence-electron chi connectivity index (χ1n) is 7.65. The van der Waals surface area contributed by atoms with Gasteiger partial charge in [-0.3, -0.25) is 14.9 Å². The maximum atomic E-state index is 13.8. The van der Waals surface area contributed by atoms with Crippen LogP contribution in [0.1, 0.15) is 23.2 Å². The molecular formula is C17H15F2N3O3. The third kappa shape index (κ3) is 3.42. The number of halogens is 2. The molecule has 0 radical (unpaired) electrons. The van der Waals surface area contributed by atoms with Gasteiger partial charge in [-0.1, -0.05) is 6.07 Å². The van der Waals surface area contributed by atoms with E-state index in [1.165, 1.54) is 25.2 Å². The number of carbonyl (C=O) groups is 1. The van der Waals surface area contributed by atoms with Crippen molar-refractivity contribution in [3.63, 3.8) is 0 Å². The standard InChI is InChI=1S/C17H15F2N3O3/c1-21(16-12(18)3-2-4-13(16)19)17(23)10-5-8-14(20-11-6-7-11)15(9-10)22(24)25/h2-5,8-9,11,20H,6-7H2,1H3. The predicted octanol–water partition coefficient (Wildman–Crippen LogP) is 3.72. The monoisotopic (exact) mass is 347 g/mol. The molecule has 0 atom stereocenters. The summed E-state index contributed by atoms with van der Waals surface area (Å²) in [5.74, 6) is -2.53. The van der Waals surface area contributed by atoms with Gasteiger partial charge in [0.1, 0.15) is 23.0 Å². The highest BCUT2D eigenvalue weighted by molar-refractivity contribution is 6.06. The Hall–Kier alpha value is -3.03. The first-order valence-corrected chi connectivity index (χ1v) is 7.65. The molecule has 2 aromatic rings. The van der Waals surface area contributed by atoms with E-state index in [0.29, 0.717) is 5.69 Å². The number of nitrogens with one attached hydrogen (secondary N) is 1. The summed E-state index contributed by atoms with van der Waals surface area (Å²) in [6, 6.07) is 7.42. The van der Waals surface area contributed by atoms with E-state index in [9.17, 15) is 23.7 Å². The van der Waals surface area contributed by atoms with Crippen molar-refractivity contribution in [1.82, 2.24) is 0 Å². The minimum Gasteiger partial charge on any atom is -0.377 e. The van der Waals surface area contributed by atoms with Gasteiger partial charge in [-0.15, -0.1) is 0 Å². The van der Waals surface area contributed by atoms with E-state index in [0.717, 1.165) is 35.9 Å². The third-order valence-electron chi connectivity index (χ3n) is 3.96. The third-order valence-corrected chi connectivity index (χ3v) is 3.96. The summed E-state index contributed by atoms with van der Waals surface area (Å²) in [4.78, 5) is 24.0. The molecule has 25 heavy (non-hydrogen) atoms. The summed E-state index contributed by atoms with van der Waals surface area (Å²) in [6.45, 7) is 0. The summed E-state index contributed by atoms with van der Waals surface area (Å²) in [7, 11) is 1.21. The second kappa shape index (κ2) is 6.46. The molecule has 3 rings (SSSR count). The van der Waals surface area contributed by atoms with E-state index in [4.69, 9.17) is 0 Å². The summed E-state index contributed by atoms with van der Waals surface area (Å²) in [5.41, 5.74) is -0.461. The van der Waals surface area contributed by atoms with Crippen molar-refractivity contribution in [1.29, 1.82) is 0 Å². The zero-order valence-corrected chi connectivity index (χ0v) is 13.3. The minimum absolute atomic E-state index is 0.0294. The van der Waals surface area contributed by atoms with Crippen LogP contribution in [0.15, 0.2) is 36.4 Å². The first-order chi connectivity index (χ1) is 11.9. The van der Waals surface area contributed by atoms with Crippen molar-refractivity contribution in [2.24, 2.45) is 0 Å². The van der Waals surface area contributed by atoms with Crippen LogP contribution in [-0.4, -0.2) is 23.9 Å². The van der Waals surface area contributed by atoms with Crippen molar-refractivity contribution >= 4 is 23.0 Å². The lowest BCUT2D eigenvalue weighted by molar-refractivity contribution is -0.384. The number of carbonyl (C=O) groups excluding carboxylic acids is 1. The summed E-state index contributed by atoms with van der Waals surface area (Å²) >= 11 is 0. The summed E-state index contributed by atoms with van der Waals surface area (Å²) < 4.78 is 27.7. The Morgan fingerprint density at radius 3 is 2.44 bits per heavy atom. The molecule has 0 bridgehead atoms. The number of nitro groups is 1. The van der Waals surface area contributed by atoms with Crippen LogP contribution in [0, 0.1) is 21.7 Å². The molecule has 0 heterocycles. The Morgan fingerprint density at radius 2 is 1.88 bits per heavy atom. The Labute approximate surface area is 142 Å². The van der Waals surface area contributed by atoms with E-state index in [1.54, 1.807) is 0 Å². The number of hydrogen-bond acceptors (Lipinski definition) is 4. The molecule has 1 N–H and O–H groups in total. The number of amides is 1. The molecule has 130 valence electrons. The van der Waals surface area contributed by atoms with Gasteiger partial charge in [0.2, 0.25) is 0 Å². The highest BCUT2D eigenvalue weighted by Crippen LogP contribution is 2.32. The lowest BCUT2D eigenvalue weighted by Gasteiger charge is -2.19. The van der Waals surface area contributed by atoms with Gasteiger partial charge in [-0.2, -0.15) is 0 Å². The molecule has 1 amide bonds. The lowest BCUT2D eigenvalue weighted by Crippen LogP contribution is -2.28. The van der Waals surface area contributed by atoms with Crippen LogP contribution in [0.25, 0.3) is 0 Å². The molecule has 1 fully saturated rings. The SMILES string of the molecule is CN(C(=O)c1ccc(NC2CC2)c([N+](=O)[O-])c1)c1c(F)cccc1F. The van der Waals surface area contributed by atoms with E-state index in [-0.39, 0.29) is 17.3 Å². The summed E-state index contributed by atoms with van der Waals surface area (Å²) in [6.07, 6.45) is 1.88. The van der Waals surface area contributed by atoms with Crippen LogP contribution in [-0.2, 0) is 0 Å². The maximum Gasteiger partial charge on any atom is 0.293 e. The molecular weight excluding hydrogens is 332 g/mol. The molecule has 0 saturated heterocycles. The van der Waals surface area contributed by atoms with Gasteiger partial charge < -0.3 is 10.2 Å². The van der Waals surface area contributed by atoms with Gasteiger partial charge in [-0.25, -0.2) is 8.78 Å². The average molecular weight is 347 g/mol. The van der Waals surface area contributed by atoms with E-state index in [2.05, 4.69) is 5.32 Å². The topological polar surface area (TPSA) is 75.5 Å². The fourth-order valence-corrected chi connectivity index (χ4v) is 2.49. The lowest BCUT2D eigenvalue weighted by atomic mass is 10.1. The van der Waals surface area contributed by atoms with Gasteiger partial charge >= 0.3 is 0 Å². The number of anilines is 2. The fraction of sp³-hybridized carbons (Fsp3) is 0.235. The van der Waals surface area contributed by atoms with Crippen LogP contribution in [0.3, 0.4) is 0 Å². The molecule has 0 aliphatic heterocycles. The number of benzene rings is 2. The molecule has 0 unspecified atom stereocenters. The van der Waals surface area contributed by atoms with Crippen molar-refractivity contribution in [3.05, 3.63) is 63.7 Å². The van der Waals surface area contributed by atoms with Crippen LogP contribution >= 0.6 is 0 Å². The number of rotatable bonds is 5. The van der Waals surface area contributed by atoms with Crippen molar-refractivity contribution in [3.8, 4) is 0 Å². The Balaban J connectivity index is 1.93. The molecule has 6 nitrogen and oxygen atoms in total. The van der Waals surface area contributed by atoms with E-state index in [1.807, 2.05) is 0 Å². The number of hydrogen-bond donors (Lipinski definition) is 1. The molecule has 2 aromatic carbocycles. The smallest absolute Gasteiger partial charge is 0.293 e. The highest BCUT2D eigenvalue weighted by atomic mass is 19.1. The number of nitro benzene ring substituents is 1. The zero-order valence-electron chi connectivity index (χ0n) is 13.3. The molecule has 0 aromatic heterocycles. The fourth-order valence-electron chi connectivity index (χ4n) is 2.49. The normalized spacial score (nSPS) is 13.4. The van der Waals surface area contributed by atoms with E-state index >= 15 is 0 Å². The number of nitrogens with zero attached hydrogens (tertiary/aromatic N) is 2. The van der Waals surface area contributed by atoms with Gasteiger partial charge in [0, 0.05) is 24.7 Å². The zero-order chi connectivity index (χ0) is 18.1. The molecule has 1 saturated carbocycles. The summed E-state index contributed by atoms with van der Waals surface area (Å²) in [5, 5.41) is 14.3. The molecule has 1 aliphatic rings. The van der Waals surface area contributed by atoms with Gasteiger partial charge in [0.15, 0.2) is 0 Å². The molecule has 8 heteroatoms. The first kappa shape index (κ1) is 16.8. The average Bonchev–Trinajstić information content (AvgIpc) is 3.38. The van der Waals surface area contributed by atoms with Gasteiger partial charge in [0.05, 0.1) is 4.92 Å². The molecule has 0 spiro atoms. The number of para-hydroxylation sites is 1. The van der Waals surface area contributed by atoms with Crippen LogP contribution in [0.2, 0.25) is 0 Å². The van der Waals surface area contributed by atoms with Gasteiger partial charge in [-0.05, 0) is 37.1 Å². The highest BCUT2D eigenvalue weighted by Gasteiger charge is 2.27. The second-order valence-corrected chi connectivity index (χ2v) is 5.84. The Morgan fingerprint density at radius 1 is 1.24 bits per heavy atom. The Bertz CT molecular complexity index is 833. The van der Waals surface area contributed by atoms with Crippen LogP contribution in [0.5, 0.6) is 0 Å². The van der Waals surface area contributed by atoms with Gasteiger partial charge in [0.25, 0.3) is 11.6 Å². The van der Waals surface area contributed by atoms with Crippen LogP contribution < -0.4 is 10.2 Å². The van der Waals surface area contributed by atoms with Crippen molar-refractivity contribution in [2.45, 2.75) is 18.9 Å². The predicted molar refractivity (Wildman–Crippen MR) is 88.8 cm³/mol. The molecule has 1 aliphatic carbocycles. The quantitative estimate of drug-likeness (QED) is 0.661. The largest absolute Gasteiger partial charge is 0.377 e. The van der Waals surface area contributed by atoms with Crippen LogP contribution in [0.4, 0.5) is 25.8 Å².